The Morgan fingerprint density at radius 1 is 1.04 bits per heavy atom. The first-order valence-corrected chi connectivity index (χ1v) is 6.76. The van der Waals surface area contributed by atoms with Gasteiger partial charge in [-0.3, -0.25) is 4.40 Å². The van der Waals surface area contributed by atoms with E-state index in [2.05, 4.69) is 16.8 Å². The predicted molar refractivity (Wildman–Crippen MR) is 78.5 cm³/mol. The lowest BCUT2D eigenvalue weighted by atomic mass is 10.1. The van der Waals surface area contributed by atoms with Gasteiger partial charge >= 0.3 is 6.18 Å². The smallest absolute Gasteiger partial charge is 0.390 e. The van der Waals surface area contributed by atoms with E-state index in [-0.39, 0.29) is 12.2 Å². The molecule has 0 radical (unpaired) electrons. The first-order valence-electron chi connectivity index (χ1n) is 6.76. The highest BCUT2D eigenvalue weighted by molar-refractivity contribution is 5.52. The number of aliphatic hydroxyl groups excluding tert-OH is 1. The molecule has 3 rings (SSSR count). The number of imidazole rings is 1. The summed E-state index contributed by atoms with van der Waals surface area (Å²) >= 11 is 0. The molecular weight excluding hydrogens is 305 g/mol. The van der Waals surface area contributed by atoms with Crippen molar-refractivity contribution in [1.82, 2.24) is 9.38 Å². The highest BCUT2D eigenvalue weighted by Crippen LogP contribution is 2.31. The van der Waals surface area contributed by atoms with Gasteiger partial charge in [0.15, 0.2) is 0 Å². The SMILES string of the molecule is OCc1nc2ccccn2c1C#Cc1ccccc1C(F)(F)F. The summed E-state index contributed by atoms with van der Waals surface area (Å²) < 4.78 is 40.6. The van der Waals surface area contributed by atoms with E-state index in [0.717, 1.165) is 6.07 Å². The molecule has 0 fully saturated rings. The molecule has 3 aromatic rings. The molecule has 0 atom stereocenters. The number of rotatable bonds is 1. The number of nitrogens with zero attached hydrogens (tertiary/aromatic N) is 2. The number of alkyl halides is 3. The second-order valence-electron chi connectivity index (χ2n) is 4.79. The predicted octanol–water partition coefficient (Wildman–Crippen LogP) is 3.25. The number of hydrogen-bond acceptors (Lipinski definition) is 2. The third-order valence-electron chi connectivity index (χ3n) is 3.30. The van der Waals surface area contributed by atoms with Gasteiger partial charge in [0.2, 0.25) is 0 Å². The quantitative estimate of drug-likeness (QED) is 0.700. The average Bonchev–Trinajstić information content (AvgIpc) is 2.90. The van der Waals surface area contributed by atoms with Gasteiger partial charge in [-0.2, -0.15) is 13.2 Å². The molecular formula is C17H11F3N2O. The number of hydrogen-bond donors (Lipinski definition) is 1. The largest absolute Gasteiger partial charge is 0.417 e. The molecule has 0 aliphatic carbocycles. The molecule has 0 saturated carbocycles. The third-order valence-corrected chi connectivity index (χ3v) is 3.30. The van der Waals surface area contributed by atoms with Gasteiger partial charge in [0.25, 0.3) is 0 Å². The zero-order chi connectivity index (χ0) is 16.4. The van der Waals surface area contributed by atoms with E-state index < -0.39 is 11.7 Å². The Morgan fingerprint density at radius 2 is 1.78 bits per heavy atom. The standard InChI is InChI=1S/C17H11F3N2O/c18-17(19,20)13-6-2-1-5-12(13)8-9-15-14(11-23)21-16-7-3-4-10-22(15)16/h1-7,10,23H,11H2. The number of fused-ring (bicyclic) bond motifs is 1. The minimum Gasteiger partial charge on any atom is -0.390 e. The highest BCUT2D eigenvalue weighted by Gasteiger charge is 2.32. The zero-order valence-corrected chi connectivity index (χ0v) is 11.8. The second-order valence-corrected chi connectivity index (χ2v) is 4.79. The van der Waals surface area contributed by atoms with Gasteiger partial charge in [-0.05, 0) is 30.2 Å². The number of pyridine rings is 1. The fourth-order valence-electron chi connectivity index (χ4n) is 2.25. The van der Waals surface area contributed by atoms with Crippen LogP contribution in [-0.2, 0) is 12.8 Å². The summed E-state index contributed by atoms with van der Waals surface area (Å²) in [6.07, 6.45) is -2.77. The van der Waals surface area contributed by atoms with Crippen LogP contribution in [0.2, 0.25) is 0 Å². The van der Waals surface area contributed by atoms with Crippen LogP contribution in [0.3, 0.4) is 0 Å². The summed E-state index contributed by atoms with van der Waals surface area (Å²) in [5.74, 6) is 5.25. The molecule has 2 aromatic heterocycles. The van der Waals surface area contributed by atoms with Crippen molar-refractivity contribution in [2.24, 2.45) is 0 Å². The van der Waals surface area contributed by atoms with Crippen molar-refractivity contribution in [2.75, 3.05) is 0 Å². The number of halogens is 3. The molecule has 0 aliphatic rings. The first kappa shape index (κ1) is 15.1. The van der Waals surface area contributed by atoms with E-state index in [9.17, 15) is 18.3 Å². The van der Waals surface area contributed by atoms with Crippen LogP contribution < -0.4 is 0 Å². The van der Waals surface area contributed by atoms with Crippen LogP contribution in [0.5, 0.6) is 0 Å². The molecule has 6 heteroatoms. The summed E-state index contributed by atoms with van der Waals surface area (Å²) in [7, 11) is 0. The van der Waals surface area contributed by atoms with E-state index in [0.29, 0.717) is 17.0 Å². The summed E-state index contributed by atoms with van der Waals surface area (Å²) in [5.41, 5.74) is 0.375. The van der Waals surface area contributed by atoms with Crippen molar-refractivity contribution >= 4 is 5.65 Å². The van der Waals surface area contributed by atoms with Crippen molar-refractivity contribution < 1.29 is 18.3 Å². The van der Waals surface area contributed by atoms with Crippen LogP contribution in [0.25, 0.3) is 5.65 Å². The zero-order valence-electron chi connectivity index (χ0n) is 11.8. The molecule has 0 amide bonds. The van der Waals surface area contributed by atoms with Crippen molar-refractivity contribution in [2.45, 2.75) is 12.8 Å². The minimum absolute atomic E-state index is 0.116. The first-order chi connectivity index (χ1) is 11.0. The van der Waals surface area contributed by atoms with Gasteiger partial charge in [-0.1, -0.05) is 24.1 Å². The Bertz CT molecular complexity index is 917. The Morgan fingerprint density at radius 3 is 2.52 bits per heavy atom. The number of aromatic nitrogens is 2. The van der Waals surface area contributed by atoms with Gasteiger partial charge in [0.05, 0.1) is 12.2 Å². The maximum atomic E-state index is 13.0. The number of aliphatic hydroxyl groups is 1. The van der Waals surface area contributed by atoms with Crippen molar-refractivity contribution in [3.8, 4) is 11.8 Å². The Labute approximate surface area is 130 Å². The van der Waals surface area contributed by atoms with Crippen molar-refractivity contribution in [3.63, 3.8) is 0 Å². The maximum Gasteiger partial charge on any atom is 0.417 e. The second kappa shape index (κ2) is 5.78. The Hall–Kier alpha value is -2.78. The van der Waals surface area contributed by atoms with E-state index in [1.807, 2.05) is 0 Å². The van der Waals surface area contributed by atoms with Crippen LogP contribution in [0, 0.1) is 11.8 Å². The summed E-state index contributed by atoms with van der Waals surface area (Å²) in [5, 5.41) is 9.38. The van der Waals surface area contributed by atoms with Crippen LogP contribution in [-0.4, -0.2) is 14.5 Å². The van der Waals surface area contributed by atoms with Crippen molar-refractivity contribution in [3.05, 3.63) is 71.2 Å². The van der Waals surface area contributed by atoms with Gasteiger partial charge in [-0.25, -0.2) is 4.98 Å². The third kappa shape index (κ3) is 2.91. The maximum absolute atomic E-state index is 13.0. The molecule has 3 nitrogen and oxygen atoms in total. The minimum atomic E-state index is -4.47. The molecule has 0 aliphatic heterocycles. The van der Waals surface area contributed by atoms with Crippen LogP contribution in [0.15, 0.2) is 48.7 Å². The van der Waals surface area contributed by atoms with Crippen LogP contribution in [0.1, 0.15) is 22.5 Å². The topological polar surface area (TPSA) is 37.5 Å². The molecule has 0 saturated heterocycles. The average molecular weight is 316 g/mol. The molecule has 2 heterocycles. The molecule has 1 N–H and O–H groups in total. The van der Waals surface area contributed by atoms with E-state index in [1.165, 1.54) is 18.2 Å². The fourth-order valence-corrected chi connectivity index (χ4v) is 2.25. The molecule has 0 bridgehead atoms. The summed E-state index contributed by atoms with van der Waals surface area (Å²) in [4.78, 5) is 4.20. The Balaban J connectivity index is 2.14. The highest BCUT2D eigenvalue weighted by atomic mass is 19.4. The fraction of sp³-hybridized carbons (Fsp3) is 0.118. The lowest BCUT2D eigenvalue weighted by Crippen LogP contribution is -2.07. The summed E-state index contributed by atoms with van der Waals surface area (Å²) in [6.45, 7) is -0.341. The monoisotopic (exact) mass is 316 g/mol. The van der Waals surface area contributed by atoms with E-state index in [1.54, 1.807) is 28.8 Å². The lowest BCUT2D eigenvalue weighted by molar-refractivity contribution is -0.137. The molecule has 23 heavy (non-hydrogen) atoms. The molecule has 0 spiro atoms. The van der Waals surface area contributed by atoms with Gasteiger partial charge in [-0.15, -0.1) is 0 Å². The van der Waals surface area contributed by atoms with Crippen molar-refractivity contribution in [1.29, 1.82) is 0 Å². The lowest BCUT2D eigenvalue weighted by Gasteiger charge is -2.08. The molecule has 0 unspecified atom stereocenters. The van der Waals surface area contributed by atoms with Crippen LogP contribution in [0.4, 0.5) is 13.2 Å². The normalized spacial score (nSPS) is 11.3. The Kier molecular flexibility index (Phi) is 3.80. The van der Waals surface area contributed by atoms with E-state index >= 15 is 0 Å². The number of benzene rings is 1. The molecule has 1 aromatic carbocycles. The summed E-state index contributed by atoms with van der Waals surface area (Å²) in [6, 6.07) is 10.4. The van der Waals surface area contributed by atoms with Crippen LogP contribution >= 0.6 is 0 Å². The van der Waals surface area contributed by atoms with E-state index in [4.69, 9.17) is 0 Å². The van der Waals surface area contributed by atoms with Gasteiger partial charge < -0.3 is 5.11 Å². The molecule has 116 valence electrons. The van der Waals surface area contributed by atoms with Gasteiger partial charge in [0, 0.05) is 11.8 Å². The van der Waals surface area contributed by atoms with Gasteiger partial charge in [0.1, 0.15) is 17.0 Å².